The first-order chi connectivity index (χ1) is 8.83. The highest BCUT2D eigenvalue weighted by Gasteiger charge is 2.55. The fraction of sp³-hybridized carbons (Fsp3) is 0.733. The normalized spacial score (nSPS) is 32.0. The Kier molecular flexibility index (Phi) is 3.81. The molecule has 18 heavy (non-hydrogen) atoms. The minimum Gasteiger partial charge on any atom is -0.466 e. The lowest BCUT2D eigenvalue weighted by Gasteiger charge is -2.17. The van der Waals surface area contributed by atoms with E-state index in [2.05, 4.69) is 28.2 Å². The molecule has 1 aromatic heterocycles. The summed E-state index contributed by atoms with van der Waals surface area (Å²) in [7, 11) is 0. The first-order valence-corrected chi connectivity index (χ1v) is 8.08. The van der Waals surface area contributed by atoms with Gasteiger partial charge in [0.2, 0.25) is 0 Å². The summed E-state index contributed by atoms with van der Waals surface area (Å²) in [5.41, 5.74) is 0. The third kappa shape index (κ3) is 2.27. The molecule has 0 aliphatic heterocycles. The van der Waals surface area contributed by atoms with E-state index in [1.165, 1.54) is 32.1 Å². The Morgan fingerprint density at radius 1 is 1.39 bits per heavy atom. The summed E-state index contributed by atoms with van der Waals surface area (Å²) in [4.78, 5) is 0. The number of hydrogen-bond donors (Lipinski definition) is 1. The van der Waals surface area contributed by atoms with E-state index in [9.17, 15) is 0 Å². The molecule has 1 heterocycles. The van der Waals surface area contributed by atoms with E-state index in [1.54, 1.807) is 6.26 Å². The van der Waals surface area contributed by atoms with Crippen LogP contribution < -0.4 is 5.32 Å². The van der Waals surface area contributed by atoms with Crippen molar-refractivity contribution >= 4 is 15.9 Å². The molecule has 1 aromatic rings. The quantitative estimate of drug-likeness (QED) is 0.865. The van der Waals surface area contributed by atoms with Crippen LogP contribution in [0.4, 0.5) is 0 Å². The van der Waals surface area contributed by atoms with Gasteiger partial charge < -0.3 is 9.73 Å². The summed E-state index contributed by atoms with van der Waals surface area (Å²) in [6, 6.07) is 2.43. The van der Waals surface area contributed by atoms with E-state index in [-0.39, 0.29) is 0 Å². The minimum atomic E-state index is 0.419. The van der Waals surface area contributed by atoms with Crippen molar-refractivity contribution in [1.82, 2.24) is 5.32 Å². The highest BCUT2D eigenvalue weighted by molar-refractivity contribution is 9.10. The van der Waals surface area contributed by atoms with Gasteiger partial charge in [-0.05, 0) is 65.6 Å². The van der Waals surface area contributed by atoms with Crippen LogP contribution >= 0.6 is 15.9 Å². The fourth-order valence-electron chi connectivity index (χ4n) is 3.77. The van der Waals surface area contributed by atoms with Gasteiger partial charge in [-0.2, -0.15) is 0 Å². The Labute approximate surface area is 118 Å². The second-order valence-corrected chi connectivity index (χ2v) is 6.61. The van der Waals surface area contributed by atoms with Crippen molar-refractivity contribution in [2.24, 2.45) is 17.8 Å². The maximum absolute atomic E-state index is 5.72. The maximum atomic E-state index is 5.72. The molecule has 0 bridgehead atoms. The Morgan fingerprint density at radius 2 is 2.11 bits per heavy atom. The zero-order chi connectivity index (χ0) is 12.5. The molecule has 2 aliphatic carbocycles. The van der Waals surface area contributed by atoms with Gasteiger partial charge in [0.25, 0.3) is 0 Å². The molecule has 3 heteroatoms. The molecule has 2 fully saturated rings. The Balaban J connectivity index is 1.76. The van der Waals surface area contributed by atoms with E-state index in [4.69, 9.17) is 4.42 Å². The van der Waals surface area contributed by atoms with Gasteiger partial charge in [0, 0.05) is 0 Å². The molecule has 100 valence electrons. The molecular weight excluding hydrogens is 290 g/mol. The molecular formula is C15H22BrNO. The van der Waals surface area contributed by atoms with Crippen molar-refractivity contribution in [3.05, 3.63) is 22.6 Å². The SMILES string of the molecule is CCCNC(c1occc1Br)C1C2CCCCC21. The van der Waals surface area contributed by atoms with Crippen molar-refractivity contribution in [1.29, 1.82) is 0 Å². The molecule has 0 amide bonds. The zero-order valence-corrected chi connectivity index (χ0v) is 12.6. The summed E-state index contributed by atoms with van der Waals surface area (Å²) >= 11 is 3.62. The summed E-state index contributed by atoms with van der Waals surface area (Å²) in [6.07, 6.45) is 8.69. The summed E-state index contributed by atoms with van der Waals surface area (Å²) in [5, 5.41) is 3.71. The van der Waals surface area contributed by atoms with Gasteiger partial charge in [-0.3, -0.25) is 0 Å². The van der Waals surface area contributed by atoms with Crippen LogP contribution in [0.15, 0.2) is 21.2 Å². The van der Waals surface area contributed by atoms with Crippen LogP contribution in [0.3, 0.4) is 0 Å². The predicted molar refractivity (Wildman–Crippen MR) is 76.4 cm³/mol. The zero-order valence-electron chi connectivity index (χ0n) is 11.0. The lowest BCUT2D eigenvalue weighted by molar-refractivity contribution is 0.362. The van der Waals surface area contributed by atoms with Crippen LogP contribution in [-0.4, -0.2) is 6.54 Å². The third-order valence-corrected chi connectivity index (χ3v) is 5.30. The van der Waals surface area contributed by atoms with Gasteiger partial charge >= 0.3 is 0 Å². The lowest BCUT2D eigenvalue weighted by atomic mass is 10.0. The molecule has 0 radical (unpaired) electrons. The fourth-order valence-corrected chi connectivity index (χ4v) is 4.22. The molecule has 3 rings (SSSR count). The second kappa shape index (κ2) is 5.38. The molecule has 0 spiro atoms. The van der Waals surface area contributed by atoms with Gasteiger partial charge in [0.05, 0.1) is 16.8 Å². The third-order valence-electron chi connectivity index (χ3n) is 4.65. The standard InChI is InChI=1S/C15H22BrNO/c1-2-8-17-14(15-12(16)7-9-18-15)13-10-5-3-4-6-11(10)13/h7,9-11,13-14,17H,2-6,8H2,1H3. The minimum absolute atomic E-state index is 0.419. The van der Waals surface area contributed by atoms with E-state index >= 15 is 0 Å². The van der Waals surface area contributed by atoms with Gasteiger partial charge in [-0.1, -0.05) is 19.8 Å². The smallest absolute Gasteiger partial charge is 0.135 e. The highest BCUT2D eigenvalue weighted by Crippen LogP contribution is 2.60. The van der Waals surface area contributed by atoms with E-state index in [0.29, 0.717) is 6.04 Å². The Morgan fingerprint density at radius 3 is 2.67 bits per heavy atom. The van der Waals surface area contributed by atoms with E-state index < -0.39 is 0 Å². The first-order valence-electron chi connectivity index (χ1n) is 7.29. The van der Waals surface area contributed by atoms with Crippen molar-refractivity contribution < 1.29 is 4.42 Å². The van der Waals surface area contributed by atoms with E-state index in [0.717, 1.165) is 34.5 Å². The van der Waals surface area contributed by atoms with Gasteiger partial charge in [-0.25, -0.2) is 0 Å². The number of furan rings is 1. The molecule has 2 nitrogen and oxygen atoms in total. The Bertz CT molecular complexity index is 391. The number of fused-ring (bicyclic) bond motifs is 1. The summed E-state index contributed by atoms with van der Waals surface area (Å²) in [6.45, 7) is 3.30. The van der Waals surface area contributed by atoms with Gasteiger partial charge in [-0.15, -0.1) is 0 Å². The van der Waals surface area contributed by atoms with Crippen molar-refractivity contribution in [2.45, 2.75) is 45.1 Å². The van der Waals surface area contributed by atoms with E-state index in [1.807, 2.05) is 6.07 Å². The average molecular weight is 312 g/mol. The molecule has 3 atom stereocenters. The maximum Gasteiger partial charge on any atom is 0.135 e. The monoisotopic (exact) mass is 311 g/mol. The second-order valence-electron chi connectivity index (χ2n) is 5.75. The molecule has 2 saturated carbocycles. The topological polar surface area (TPSA) is 25.2 Å². The molecule has 1 N–H and O–H groups in total. The largest absolute Gasteiger partial charge is 0.466 e. The predicted octanol–water partition coefficient (Wildman–Crippen LogP) is 4.52. The Hall–Kier alpha value is -0.280. The molecule has 3 unspecified atom stereocenters. The summed E-state index contributed by atoms with van der Waals surface area (Å²) < 4.78 is 6.85. The lowest BCUT2D eigenvalue weighted by Crippen LogP contribution is -2.24. The van der Waals surface area contributed by atoms with Gasteiger partial charge in [0.15, 0.2) is 0 Å². The number of nitrogens with one attached hydrogen (secondary N) is 1. The number of rotatable bonds is 5. The highest BCUT2D eigenvalue weighted by atomic mass is 79.9. The van der Waals surface area contributed by atoms with Crippen LogP contribution in [0, 0.1) is 17.8 Å². The molecule has 2 aliphatic rings. The van der Waals surface area contributed by atoms with Crippen LogP contribution in [0.5, 0.6) is 0 Å². The number of halogens is 1. The van der Waals surface area contributed by atoms with Gasteiger partial charge in [0.1, 0.15) is 5.76 Å². The average Bonchev–Trinajstić information content (AvgIpc) is 2.96. The van der Waals surface area contributed by atoms with Crippen LogP contribution in [0.2, 0.25) is 0 Å². The van der Waals surface area contributed by atoms with Crippen molar-refractivity contribution in [3.63, 3.8) is 0 Å². The molecule has 0 aromatic carbocycles. The van der Waals surface area contributed by atoms with Crippen LogP contribution in [-0.2, 0) is 0 Å². The number of hydrogen-bond acceptors (Lipinski definition) is 2. The van der Waals surface area contributed by atoms with Crippen LogP contribution in [0.1, 0.15) is 50.8 Å². The first kappa shape index (κ1) is 12.7. The van der Waals surface area contributed by atoms with Crippen molar-refractivity contribution in [3.8, 4) is 0 Å². The van der Waals surface area contributed by atoms with Crippen LogP contribution in [0.25, 0.3) is 0 Å². The summed E-state index contributed by atoms with van der Waals surface area (Å²) in [5.74, 6) is 3.82. The van der Waals surface area contributed by atoms with Crippen molar-refractivity contribution in [2.75, 3.05) is 6.54 Å². The molecule has 0 saturated heterocycles.